The molecule has 0 aliphatic heterocycles. The van der Waals surface area contributed by atoms with Crippen molar-refractivity contribution in [2.45, 2.75) is 0 Å². The minimum atomic E-state index is -0.331. The highest BCUT2D eigenvalue weighted by Crippen LogP contribution is 2.32. The van der Waals surface area contributed by atoms with Gasteiger partial charge >= 0.3 is 0 Å². The molecule has 4 aromatic rings. The number of hydrogen-bond donors (Lipinski definition) is 2. The van der Waals surface area contributed by atoms with Crippen molar-refractivity contribution in [3.63, 3.8) is 0 Å². The molecule has 0 bridgehead atoms. The van der Waals surface area contributed by atoms with Crippen molar-refractivity contribution < 1.29 is 4.79 Å². The van der Waals surface area contributed by atoms with E-state index in [0.717, 1.165) is 27.6 Å². The zero-order valence-electron chi connectivity index (χ0n) is 14.9. The Hall–Kier alpha value is -4.17. The van der Waals surface area contributed by atoms with Gasteiger partial charge in [0.05, 0.1) is 17.8 Å². The Balaban J connectivity index is 1.66. The molecule has 1 heterocycles. The van der Waals surface area contributed by atoms with Crippen LogP contribution in [0.4, 0.5) is 0 Å². The second kappa shape index (κ2) is 7.60. The molecule has 0 saturated heterocycles. The molecule has 0 aliphatic rings. The van der Waals surface area contributed by atoms with Crippen LogP contribution in [0.2, 0.25) is 0 Å². The number of hydrogen-bond acceptors (Lipinski definition) is 3. The van der Waals surface area contributed by atoms with Crippen molar-refractivity contribution in [3.8, 4) is 17.2 Å². The molecule has 1 aromatic heterocycles. The number of para-hydroxylation sites is 1. The van der Waals surface area contributed by atoms with E-state index < -0.39 is 0 Å². The number of aromatic amines is 1. The van der Waals surface area contributed by atoms with Crippen molar-refractivity contribution in [3.05, 3.63) is 95.7 Å². The highest BCUT2D eigenvalue weighted by Gasteiger charge is 2.18. The summed E-state index contributed by atoms with van der Waals surface area (Å²) in [5, 5.41) is 14.0. The van der Waals surface area contributed by atoms with Gasteiger partial charge in [0, 0.05) is 16.5 Å². The molecule has 0 spiro atoms. The molecule has 134 valence electrons. The smallest absolute Gasteiger partial charge is 0.288 e. The third-order valence-corrected chi connectivity index (χ3v) is 4.39. The molecule has 0 unspecified atom stereocenters. The number of nitrogens with one attached hydrogen (secondary N) is 2. The lowest BCUT2D eigenvalue weighted by Crippen LogP contribution is -2.18. The molecule has 1 amide bonds. The fourth-order valence-electron chi connectivity index (χ4n) is 3.13. The molecule has 28 heavy (non-hydrogen) atoms. The van der Waals surface area contributed by atoms with Gasteiger partial charge in [0.2, 0.25) is 0 Å². The number of H-pyrrole nitrogens is 1. The zero-order chi connectivity index (χ0) is 19.3. The lowest BCUT2D eigenvalue weighted by atomic mass is 10.0. The summed E-state index contributed by atoms with van der Waals surface area (Å²) in [6, 6.07) is 26.7. The summed E-state index contributed by atoms with van der Waals surface area (Å²) in [6.45, 7) is 0. The van der Waals surface area contributed by atoms with Crippen LogP contribution < -0.4 is 5.43 Å². The number of carbonyl (C=O) groups excluding carboxylic acids is 1. The minimum Gasteiger partial charge on any atom is -0.350 e. The maximum Gasteiger partial charge on any atom is 0.288 e. The maximum absolute atomic E-state index is 12.8. The van der Waals surface area contributed by atoms with Crippen molar-refractivity contribution >= 4 is 23.0 Å². The molecular formula is C23H16N4O. The van der Waals surface area contributed by atoms with E-state index in [9.17, 15) is 4.79 Å². The summed E-state index contributed by atoms with van der Waals surface area (Å²) in [5.41, 5.74) is 6.98. The van der Waals surface area contributed by atoms with E-state index in [2.05, 4.69) is 21.6 Å². The van der Waals surface area contributed by atoms with E-state index >= 15 is 0 Å². The lowest BCUT2D eigenvalue weighted by Gasteiger charge is -2.04. The summed E-state index contributed by atoms with van der Waals surface area (Å²) < 4.78 is 0. The fraction of sp³-hybridized carbons (Fsp3) is 0. The number of nitrogens with zero attached hydrogens (tertiary/aromatic N) is 2. The van der Waals surface area contributed by atoms with Gasteiger partial charge < -0.3 is 4.98 Å². The predicted molar refractivity (Wildman–Crippen MR) is 110 cm³/mol. The standard InChI is InChI=1S/C23H16N4O/c24-14-16-7-6-8-17(13-16)15-25-27-23(28)22-21(18-9-2-1-3-10-18)19-11-4-5-12-20(19)26-22/h1-13,15,26H,(H,27,28). The van der Waals surface area contributed by atoms with Crippen LogP contribution in [0.5, 0.6) is 0 Å². The highest BCUT2D eigenvalue weighted by atomic mass is 16.2. The number of aromatic nitrogens is 1. The Bertz CT molecular complexity index is 1220. The van der Waals surface area contributed by atoms with E-state index in [4.69, 9.17) is 5.26 Å². The number of hydrazone groups is 1. The SMILES string of the molecule is N#Cc1cccc(C=NNC(=O)c2[nH]c3ccccc3c2-c2ccccc2)c1. The molecule has 2 N–H and O–H groups in total. The molecule has 0 aliphatic carbocycles. The maximum atomic E-state index is 12.8. The van der Waals surface area contributed by atoms with Gasteiger partial charge in [-0.2, -0.15) is 10.4 Å². The predicted octanol–water partition coefficient (Wildman–Crippen LogP) is 4.47. The average Bonchev–Trinajstić information content (AvgIpc) is 3.14. The lowest BCUT2D eigenvalue weighted by molar-refractivity contribution is 0.0951. The number of carbonyl (C=O) groups is 1. The van der Waals surface area contributed by atoms with Gasteiger partial charge in [0.15, 0.2) is 0 Å². The first-order valence-corrected chi connectivity index (χ1v) is 8.76. The summed E-state index contributed by atoms with van der Waals surface area (Å²) in [5.74, 6) is -0.331. The topological polar surface area (TPSA) is 81.0 Å². The monoisotopic (exact) mass is 364 g/mol. The van der Waals surface area contributed by atoms with E-state index in [1.807, 2.05) is 60.7 Å². The molecule has 0 saturated carbocycles. The fourth-order valence-corrected chi connectivity index (χ4v) is 3.13. The van der Waals surface area contributed by atoms with Crippen LogP contribution >= 0.6 is 0 Å². The quantitative estimate of drug-likeness (QED) is 0.414. The molecule has 3 aromatic carbocycles. The second-order valence-corrected chi connectivity index (χ2v) is 6.22. The zero-order valence-corrected chi connectivity index (χ0v) is 14.9. The van der Waals surface area contributed by atoms with E-state index in [1.54, 1.807) is 18.2 Å². The second-order valence-electron chi connectivity index (χ2n) is 6.22. The summed E-state index contributed by atoms with van der Waals surface area (Å²) in [6.07, 6.45) is 1.52. The van der Waals surface area contributed by atoms with Crippen LogP contribution in [-0.4, -0.2) is 17.1 Å². The normalized spacial score (nSPS) is 10.8. The molecule has 0 radical (unpaired) electrons. The molecule has 4 rings (SSSR count). The Kier molecular flexibility index (Phi) is 4.68. The summed E-state index contributed by atoms with van der Waals surface area (Å²) >= 11 is 0. The van der Waals surface area contributed by atoms with Gasteiger partial charge in [0.25, 0.3) is 5.91 Å². The van der Waals surface area contributed by atoms with Crippen LogP contribution in [-0.2, 0) is 0 Å². The minimum absolute atomic E-state index is 0.331. The van der Waals surface area contributed by atoms with Crippen LogP contribution in [0.1, 0.15) is 21.6 Å². The Morgan fingerprint density at radius 3 is 2.61 bits per heavy atom. The third kappa shape index (κ3) is 3.39. The molecular weight excluding hydrogens is 348 g/mol. The van der Waals surface area contributed by atoms with Crippen molar-refractivity contribution in [1.29, 1.82) is 5.26 Å². The first kappa shape index (κ1) is 17.3. The third-order valence-electron chi connectivity index (χ3n) is 4.39. The van der Waals surface area contributed by atoms with Crippen LogP contribution in [0, 0.1) is 11.3 Å². The van der Waals surface area contributed by atoms with Gasteiger partial charge in [-0.1, -0.05) is 60.7 Å². The first-order valence-electron chi connectivity index (χ1n) is 8.76. The van der Waals surface area contributed by atoms with E-state index in [-0.39, 0.29) is 5.91 Å². The van der Waals surface area contributed by atoms with E-state index in [1.165, 1.54) is 6.21 Å². The van der Waals surface area contributed by atoms with Crippen molar-refractivity contribution in [2.24, 2.45) is 5.10 Å². The Morgan fingerprint density at radius 2 is 1.79 bits per heavy atom. The molecule has 0 atom stereocenters. The number of nitriles is 1. The molecule has 5 nitrogen and oxygen atoms in total. The van der Waals surface area contributed by atoms with Gasteiger partial charge in [-0.05, 0) is 29.3 Å². The summed E-state index contributed by atoms with van der Waals surface area (Å²) in [7, 11) is 0. The number of rotatable bonds is 4. The Labute approximate surface area is 162 Å². The van der Waals surface area contributed by atoms with Crippen molar-refractivity contribution in [2.75, 3.05) is 0 Å². The molecule has 0 fully saturated rings. The first-order chi connectivity index (χ1) is 13.8. The summed E-state index contributed by atoms with van der Waals surface area (Å²) in [4.78, 5) is 16.0. The van der Waals surface area contributed by atoms with Gasteiger partial charge in [-0.3, -0.25) is 4.79 Å². The van der Waals surface area contributed by atoms with E-state index in [0.29, 0.717) is 11.3 Å². The van der Waals surface area contributed by atoms with Crippen LogP contribution in [0.15, 0.2) is 84.0 Å². The number of benzene rings is 3. The van der Waals surface area contributed by atoms with Gasteiger partial charge in [0.1, 0.15) is 5.69 Å². The average molecular weight is 364 g/mol. The van der Waals surface area contributed by atoms with Crippen LogP contribution in [0.3, 0.4) is 0 Å². The van der Waals surface area contributed by atoms with Crippen molar-refractivity contribution in [1.82, 2.24) is 10.4 Å². The van der Waals surface area contributed by atoms with Gasteiger partial charge in [-0.15, -0.1) is 0 Å². The highest BCUT2D eigenvalue weighted by molar-refractivity contribution is 6.09. The van der Waals surface area contributed by atoms with Gasteiger partial charge in [-0.25, -0.2) is 5.43 Å². The largest absolute Gasteiger partial charge is 0.350 e. The number of fused-ring (bicyclic) bond motifs is 1. The number of amides is 1. The Morgan fingerprint density at radius 1 is 1.00 bits per heavy atom. The van der Waals surface area contributed by atoms with Crippen LogP contribution in [0.25, 0.3) is 22.0 Å². The molecule has 5 heteroatoms.